The van der Waals surface area contributed by atoms with Crippen molar-refractivity contribution in [1.82, 2.24) is 16.0 Å². The zero-order chi connectivity index (χ0) is 17.4. The molecule has 0 radical (unpaired) electrons. The van der Waals surface area contributed by atoms with Crippen LogP contribution in [0.1, 0.15) is 69.4 Å². The number of carbonyl (C=O) groups is 2. The summed E-state index contributed by atoms with van der Waals surface area (Å²) >= 11 is 0. The summed E-state index contributed by atoms with van der Waals surface area (Å²) in [5, 5.41) is 8.73. The Morgan fingerprint density at radius 3 is 2.67 bits per heavy atom. The van der Waals surface area contributed by atoms with E-state index in [1.807, 2.05) is 26.0 Å². The number of carbonyl (C=O) groups excluding carboxylic acids is 2. The number of hydrogen-bond donors (Lipinski definition) is 3. The summed E-state index contributed by atoms with van der Waals surface area (Å²) in [6.45, 7) is 4.27. The van der Waals surface area contributed by atoms with E-state index in [2.05, 4.69) is 16.0 Å². The molecule has 1 fully saturated rings. The first-order chi connectivity index (χ1) is 11.5. The SMILES string of the molecule is Cc1ccc(C(C)NC(=O)CCCNC(=O)NC2CCCCC2)o1. The number of rotatable bonds is 7. The van der Waals surface area contributed by atoms with Gasteiger partial charge in [0.25, 0.3) is 0 Å². The third-order valence-corrected chi connectivity index (χ3v) is 4.37. The summed E-state index contributed by atoms with van der Waals surface area (Å²) in [7, 11) is 0. The highest BCUT2D eigenvalue weighted by molar-refractivity contribution is 5.76. The first-order valence-electron chi connectivity index (χ1n) is 8.94. The van der Waals surface area contributed by atoms with Gasteiger partial charge in [-0.2, -0.15) is 0 Å². The molecule has 0 spiro atoms. The molecule has 3 N–H and O–H groups in total. The van der Waals surface area contributed by atoms with Crippen molar-refractivity contribution in [2.24, 2.45) is 0 Å². The lowest BCUT2D eigenvalue weighted by molar-refractivity contribution is -0.121. The van der Waals surface area contributed by atoms with Crippen LogP contribution in [0.3, 0.4) is 0 Å². The molecule has 6 heteroatoms. The van der Waals surface area contributed by atoms with E-state index in [0.717, 1.165) is 24.4 Å². The molecule has 1 saturated carbocycles. The summed E-state index contributed by atoms with van der Waals surface area (Å²) in [4.78, 5) is 23.7. The number of amides is 3. The number of furan rings is 1. The van der Waals surface area contributed by atoms with Crippen molar-refractivity contribution in [2.45, 2.75) is 70.9 Å². The van der Waals surface area contributed by atoms with Crippen LogP contribution in [-0.2, 0) is 4.79 Å². The van der Waals surface area contributed by atoms with Crippen LogP contribution in [0.5, 0.6) is 0 Å². The van der Waals surface area contributed by atoms with Gasteiger partial charge in [0, 0.05) is 19.0 Å². The second-order valence-corrected chi connectivity index (χ2v) is 6.58. The molecule has 1 unspecified atom stereocenters. The highest BCUT2D eigenvalue weighted by Gasteiger charge is 2.15. The second-order valence-electron chi connectivity index (χ2n) is 6.58. The maximum absolute atomic E-state index is 11.9. The predicted molar refractivity (Wildman–Crippen MR) is 92.6 cm³/mol. The van der Waals surface area contributed by atoms with E-state index in [-0.39, 0.29) is 18.0 Å². The summed E-state index contributed by atoms with van der Waals surface area (Å²) in [5.41, 5.74) is 0. The van der Waals surface area contributed by atoms with Crippen molar-refractivity contribution >= 4 is 11.9 Å². The Morgan fingerprint density at radius 1 is 1.25 bits per heavy atom. The van der Waals surface area contributed by atoms with E-state index in [9.17, 15) is 9.59 Å². The Hall–Kier alpha value is -1.98. The zero-order valence-corrected chi connectivity index (χ0v) is 14.7. The van der Waals surface area contributed by atoms with Crippen molar-refractivity contribution in [2.75, 3.05) is 6.54 Å². The van der Waals surface area contributed by atoms with E-state index in [1.165, 1.54) is 19.3 Å². The summed E-state index contributed by atoms with van der Waals surface area (Å²) in [6, 6.07) is 3.79. The average molecular weight is 335 g/mol. The van der Waals surface area contributed by atoms with Gasteiger partial charge in [-0.3, -0.25) is 4.79 Å². The molecule has 1 aromatic rings. The molecule has 1 atom stereocenters. The minimum absolute atomic E-state index is 0.0361. The largest absolute Gasteiger partial charge is 0.464 e. The summed E-state index contributed by atoms with van der Waals surface area (Å²) < 4.78 is 5.50. The molecule has 0 bridgehead atoms. The standard InChI is InChI=1S/C18H29N3O3/c1-13-10-11-16(24-13)14(2)20-17(22)9-6-12-19-18(23)21-15-7-4-3-5-8-15/h10-11,14-15H,3-9,12H2,1-2H3,(H,20,22)(H2,19,21,23). The van der Waals surface area contributed by atoms with Crippen LogP contribution in [-0.4, -0.2) is 24.5 Å². The summed E-state index contributed by atoms with van der Waals surface area (Å²) in [5.74, 6) is 1.55. The van der Waals surface area contributed by atoms with E-state index >= 15 is 0 Å². The van der Waals surface area contributed by atoms with Gasteiger partial charge < -0.3 is 20.4 Å². The van der Waals surface area contributed by atoms with E-state index < -0.39 is 0 Å². The fraction of sp³-hybridized carbons (Fsp3) is 0.667. The highest BCUT2D eigenvalue weighted by atomic mass is 16.3. The predicted octanol–water partition coefficient (Wildman–Crippen LogP) is 3.18. The molecule has 1 heterocycles. The van der Waals surface area contributed by atoms with Crippen molar-refractivity contribution < 1.29 is 14.0 Å². The van der Waals surface area contributed by atoms with Crippen molar-refractivity contribution in [1.29, 1.82) is 0 Å². The third-order valence-electron chi connectivity index (χ3n) is 4.37. The molecule has 0 saturated heterocycles. The maximum Gasteiger partial charge on any atom is 0.315 e. The Bertz CT molecular complexity index is 535. The monoisotopic (exact) mass is 335 g/mol. The Labute approximate surface area is 143 Å². The molecule has 134 valence electrons. The molecule has 3 amide bonds. The third kappa shape index (κ3) is 6.26. The fourth-order valence-electron chi connectivity index (χ4n) is 3.01. The Morgan fingerprint density at radius 2 is 2.00 bits per heavy atom. The molecule has 6 nitrogen and oxygen atoms in total. The molecule has 0 aliphatic heterocycles. The van der Waals surface area contributed by atoms with Gasteiger partial charge in [0.05, 0.1) is 6.04 Å². The number of nitrogens with one attached hydrogen (secondary N) is 3. The normalized spacial score (nSPS) is 16.4. The minimum atomic E-state index is -0.145. The molecular formula is C18H29N3O3. The van der Waals surface area contributed by atoms with Crippen LogP contribution in [0.25, 0.3) is 0 Å². The molecule has 1 aliphatic carbocycles. The van der Waals surface area contributed by atoms with Crippen molar-refractivity contribution in [3.05, 3.63) is 23.7 Å². The van der Waals surface area contributed by atoms with Crippen molar-refractivity contribution in [3.8, 4) is 0 Å². The lowest BCUT2D eigenvalue weighted by Gasteiger charge is -2.22. The zero-order valence-electron chi connectivity index (χ0n) is 14.7. The quantitative estimate of drug-likeness (QED) is 0.669. The van der Waals surface area contributed by atoms with Crippen LogP contribution in [0.4, 0.5) is 4.79 Å². The lowest BCUT2D eigenvalue weighted by atomic mass is 9.96. The molecule has 2 rings (SSSR count). The Kier molecular flexibility index (Phi) is 7.15. The van der Waals surface area contributed by atoms with Crippen LogP contribution < -0.4 is 16.0 Å². The van der Waals surface area contributed by atoms with Crippen LogP contribution in [0.2, 0.25) is 0 Å². The van der Waals surface area contributed by atoms with Gasteiger partial charge in [0.1, 0.15) is 11.5 Å². The highest BCUT2D eigenvalue weighted by Crippen LogP contribution is 2.17. The van der Waals surface area contributed by atoms with Gasteiger partial charge in [0.15, 0.2) is 0 Å². The fourth-order valence-corrected chi connectivity index (χ4v) is 3.01. The van der Waals surface area contributed by atoms with Crippen molar-refractivity contribution in [3.63, 3.8) is 0 Å². The number of urea groups is 1. The van der Waals surface area contributed by atoms with Crippen LogP contribution in [0, 0.1) is 6.92 Å². The number of hydrogen-bond acceptors (Lipinski definition) is 3. The molecule has 1 aromatic heterocycles. The van der Waals surface area contributed by atoms with E-state index in [0.29, 0.717) is 25.4 Å². The van der Waals surface area contributed by atoms with Gasteiger partial charge in [-0.15, -0.1) is 0 Å². The van der Waals surface area contributed by atoms with Gasteiger partial charge in [-0.25, -0.2) is 4.79 Å². The topological polar surface area (TPSA) is 83.4 Å². The molecular weight excluding hydrogens is 306 g/mol. The van der Waals surface area contributed by atoms with Gasteiger partial charge >= 0.3 is 6.03 Å². The molecule has 1 aliphatic rings. The first-order valence-corrected chi connectivity index (χ1v) is 8.94. The lowest BCUT2D eigenvalue weighted by Crippen LogP contribution is -2.43. The smallest absolute Gasteiger partial charge is 0.315 e. The van der Waals surface area contributed by atoms with Crippen LogP contribution >= 0.6 is 0 Å². The Balaban J connectivity index is 1.56. The average Bonchev–Trinajstić information content (AvgIpc) is 2.99. The second kappa shape index (κ2) is 9.35. The number of aryl methyl sites for hydroxylation is 1. The van der Waals surface area contributed by atoms with Gasteiger partial charge in [0.2, 0.25) is 5.91 Å². The van der Waals surface area contributed by atoms with Crippen LogP contribution in [0.15, 0.2) is 16.5 Å². The summed E-state index contributed by atoms with van der Waals surface area (Å²) in [6.07, 6.45) is 6.80. The van der Waals surface area contributed by atoms with Gasteiger partial charge in [-0.1, -0.05) is 19.3 Å². The van der Waals surface area contributed by atoms with E-state index in [1.54, 1.807) is 0 Å². The first kappa shape index (κ1) is 18.4. The van der Waals surface area contributed by atoms with E-state index in [4.69, 9.17) is 4.42 Å². The van der Waals surface area contributed by atoms with Gasteiger partial charge in [-0.05, 0) is 45.2 Å². The molecule has 0 aromatic carbocycles. The minimum Gasteiger partial charge on any atom is -0.464 e. The maximum atomic E-state index is 11.9. The molecule has 24 heavy (non-hydrogen) atoms.